The van der Waals surface area contributed by atoms with Gasteiger partial charge in [0.05, 0.1) is 11.1 Å². The Morgan fingerprint density at radius 3 is 2.75 bits per heavy atom. The van der Waals surface area contributed by atoms with Crippen LogP contribution >= 0.6 is 11.6 Å². The largest absolute Gasteiger partial charge is 0.488 e. The maximum absolute atomic E-state index is 13.2. The van der Waals surface area contributed by atoms with Crippen LogP contribution in [0.3, 0.4) is 0 Å². The lowest BCUT2D eigenvalue weighted by Gasteiger charge is -2.28. The molecule has 1 saturated carbocycles. The third-order valence-corrected chi connectivity index (χ3v) is 3.15. The molecule has 0 bridgehead atoms. The Kier molecular flexibility index (Phi) is 3.66. The molecule has 1 aliphatic carbocycles. The summed E-state index contributed by atoms with van der Waals surface area (Å²) in [7, 11) is 0. The van der Waals surface area contributed by atoms with Gasteiger partial charge in [0.15, 0.2) is 0 Å². The minimum Gasteiger partial charge on any atom is -0.488 e. The molecule has 0 amide bonds. The zero-order valence-electron chi connectivity index (χ0n) is 8.83. The van der Waals surface area contributed by atoms with E-state index in [4.69, 9.17) is 16.3 Å². The van der Waals surface area contributed by atoms with Crippen LogP contribution in [-0.2, 0) is 0 Å². The number of rotatable bonds is 2. The lowest BCUT2D eigenvalue weighted by molar-refractivity contribution is 0.00673. The van der Waals surface area contributed by atoms with E-state index in [1.165, 1.54) is 12.1 Å². The van der Waals surface area contributed by atoms with Crippen LogP contribution in [0.4, 0.5) is 4.39 Å². The fraction of sp³-hybridized carbons (Fsp3) is 0.500. The first kappa shape index (κ1) is 11.7. The van der Waals surface area contributed by atoms with Crippen LogP contribution in [-0.4, -0.2) is 17.3 Å². The molecule has 0 spiro atoms. The summed E-state index contributed by atoms with van der Waals surface area (Å²) in [5, 5.41) is 9.79. The van der Waals surface area contributed by atoms with E-state index in [0.29, 0.717) is 5.75 Å². The van der Waals surface area contributed by atoms with Crippen molar-refractivity contribution in [2.45, 2.75) is 37.9 Å². The van der Waals surface area contributed by atoms with Gasteiger partial charge in [0, 0.05) is 6.07 Å². The summed E-state index contributed by atoms with van der Waals surface area (Å²) in [5.74, 6) is -0.0719. The van der Waals surface area contributed by atoms with Crippen molar-refractivity contribution in [2.24, 2.45) is 0 Å². The molecule has 0 radical (unpaired) electrons. The fourth-order valence-electron chi connectivity index (χ4n) is 1.94. The summed E-state index contributed by atoms with van der Waals surface area (Å²) < 4.78 is 18.7. The highest BCUT2D eigenvalue weighted by Crippen LogP contribution is 2.26. The zero-order chi connectivity index (χ0) is 11.5. The van der Waals surface area contributed by atoms with Crippen molar-refractivity contribution in [3.8, 4) is 5.75 Å². The minimum absolute atomic E-state index is 0.0801. The van der Waals surface area contributed by atoms with Crippen LogP contribution in [0.15, 0.2) is 18.2 Å². The molecule has 2 unspecified atom stereocenters. The molecule has 0 heterocycles. The van der Waals surface area contributed by atoms with E-state index in [9.17, 15) is 9.50 Å². The Morgan fingerprint density at radius 2 is 2.06 bits per heavy atom. The number of aliphatic hydroxyl groups is 1. The van der Waals surface area contributed by atoms with Crippen LogP contribution in [0.2, 0.25) is 5.02 Å². The van der Waals surface area contributed by atoms with Gasteiger partial charge in [-0.25, -0.2) is 4.39 Å². The molecule has 0 aliphatic heterocycles. The average molecular weight is 245 g/mol. The predicted molar refractivity (Wildman–Crippen MR) is 60.3 cm³/mol. The van der Waals surface area contributed by atoms with Gasteiger partial charge in [0.1, 0.15) is 17.7 Å². The molecule has 2 nitrogen and oxygen atoms in total. The quantitative estimate of drug-likeness (QED) is 0.866. The van der Waals surface area contributed by atoms with Crippen molar-refractivity contribution in [1.29, 1.82) is 0 Å². The second-order valence-electron chi connectivity index (χ2n) is 4.08. The normalized spacial score (nSPS) is 25.4. The Bertz CT molecular complexity index is 370. The summed E-state index contributed by atoms with van der Waals surface area (Å²) in [6, 6.07) is 4.33. The topological polar surface area (TPSA) is 29.5 Å². The van der Waals surface area contributed by atoms with Crippen LogP contribution in [0.5, 0.6) is 5.75 Å². The second kappa shape index (κ2) is 5.02. The van der Waals surface area contributed by atoms with Crippen molar-refractivity contribution in [1.82, 2.24) is 0 Å². The first-order chi connectivity index (χ1) is 7.66. The van der Waals surface area contributed by atoms with E-state index < -0.39 is 11.9 Å². The van der Waals surface area contributed by atoms with Gasteiger partial charge in [0.25, 0.3) is 0 Å². The van der Waals surface area contributed by atoms with Gasteiger partial charge >= 0.3 is 0 Å². The summed E-state index contributed by atoms with van der Waals surface area (Å²) in [6.45, 7) is 0. The highest BCUT2D eigenvalue weighted by atomic mass is 35.5. The van der Waals surface area contributed by atoms with Gasteiger partial charge in [-0.1, -0.05) is 18.0 Å². The van der Waals surface area contributed by atoms with Crippen molar-refractivity contribution in [3.63, 3.8) is 0 Å². The summed E-state index contributed by atoms with van der Waals surface area (Å²) in [5.41, 5.74) is 0. The lowest BCUT2D eigenvalue weighted by atomic mass is 9.95. The van der Waals surface area contributed by atoms with Crippen LogP contribution < -0.4 is 4.74 Å². The minimum atomic E-state index is -0.496. The van der Waals surface area contributed by atoms with E-state index in [1.807, 2.05) is 0 Å². The first-order valence-electron chi connectivity index (χ1n) is 5.46. The molecule has 0 aromatic heterocycles. The monoisotopic (exact) mass is 244 g/mol. The molecular formula is C12H14ClFO2. The zero-order valence-corrected chi connectivity index (χ0v) is 9.58. The maximum Gasteiger partial charge on any atom is 0.145 e. The molecule has 1 aromatic carbocycles. The van der Waals surface area contributed by atoms with Crippen LogP contribution in [0.25, 0.3) is 0 Å². The van der Waals surface area contributed by atoms with Crippen LogP contribution in [0, 0.1) is 5.82 Å². The third kappa shape index (κ3) is 2.66. The van der Waals surface area contributed by atoms with Gasteiger partial charge in [-0.05, 0) is 31.4 Å². The smallest absolute Gasteiger partial charge is 0.145 e. The highest BCUT2D eigenvalue weighted by molar-refractivity contribution is 6.30. The Labute approximate surface area is 99.0 Å². The molecule has 2 rings (SSSR count). The molecule has 4 heteroatoms. The fourth-order valence-corrected chi connectivity index (χ4v) is 2.06. The number of benzene rings is 1. The average Bonchev–Trinajstić information content (AvgIpc) is 2.27. The molecule has 88 valence electrons. The second-order valence-corrected chi connectivity index (χ2v) is 4.49. The first-order valence-corrected chi connectivity index (χ1v) is 5.84. The Balaban J connectivity index is 2.05. The molecule has 0 saturated heterocycles. The van der Waals surface area contributed by atoms with Gasteiger partial charge in [0.2, 0.25) is 0 Å². The standard InChI is InChI=1S/C12H14ClFO2/c13-9-6-5-8(7-10(9)14)16-12-4-2-1-3-11(12)15/h5-7,11-12,15H,1-4H2. The van der Waals surface area contributed by atoms with Gasteiger partial charge in [-0.3, -0.25) is 0 Å². The Hall–Kier alpha value is -0.800. The van der Waals surface area contributed by atoms with E-state index in [2.05, 4.69) is 0 Å². The van der Waals surface area contributed by atoms with E-state index in [-0.39, 0.29) is 11.1 Å². The van der Waals surface area contributed by atoms with Crippen molar-refractivity contribution < 1.29 is 14.2 Å². The molecule has 1 aromatic rings. The van der Waals surface area contributed by atoms with Crippen molar-refractivity contribution in [2.75, 3.05) is 0 Å². The molecule has 1 aliphatic rings. The molecular weight excluding hydrogens is 231 g/mol. The summed E-state index contributed by atoms with van der Waals surface area (Å²) in [4.78, 5) is 0. The number of halogens is 2. The van der Waals surface area contributed by atoms with Crippen molar-refractivity contribution >= 4 is 11.6 Å². The number of aliphatic hydroxyl groups excluding tert-OH is 1. The molecule has 1 fully saturated rings. The highest BCUT2D eigenvalue weighted by Gasteiger charge is 2.24. The van der Waals surface area contributed by atoms with Gasteiger partial charge in [-0.2, -0.15) is 0 Å². The van der Waals surface area contributed by atoms with Crippen molar-refractivity contribution in [3.05, 3.63) is 29.0 Å². The van der Waals surface area contributed by atoms with Crippen LogP contribution in [0.1, 0.15) is 25.7 Å². The molecule has 16 heavy (non-hydrogen) atoms. The maximum atomic E-state index is 13.2. The summed E-state index contributed by atoms with van der Waals surface area (Å²) >= 11 is 5.57. The van der Waals surface area contributed by atoms with Gasteiger partial charge < -0.3 is 9.84 Å². The summed E-state index contributed by atoms with van der Waals surface area (Å²) in [6.07, 6.45) is 2.95. The number of hydrogen-bond acceptors (Lipinski definition) is 2. The Morgan fingerprint density at radius 1 is 1.31 bits per heavy atom. The SMILES string of the molecule is OC1CCCCC1Oc1ccc(Cl)c(F)c1. The van der Waals surface area contributed by atoms with Gasteiger partial charge in [-0.15, -0.1) is 0 Å². The van der Waals surface area contributed by atoms with E-state index in [1.54, 1.807) is 6.07 Å². The number of ether oxygens (including phenoxy) is 1. The lowest BCUT2D eigenvalue weighted by Crippen LogP contribution is -2.34. The molecule has 1 N–H and O–H groups in total. The predicted octanol–water partition coefficient (Wildman–Crippen LogP) is 3.16. The number of hydrogen-bond donors (Lipinski definition) is 1. The van der Waals surface area contributed by atoms with E-state index >= 15 is 0 Å². The molecule has 2 atom stereocenters. The van der Waals surface area contributed by atoms with E-state index in [0.717, 1.165) is 25.7 Å². The third-order valence-electron chi connectivity index (χ3n) is 2.85.